The maximum Gasteiger partial charge on any atom is 0.335 e. The van der Waals surface area contributed by atoms with Crippen LogP contribution in [0.5, 0.6) is 0 Å². The maximum atomic E-state index is 5.58. The van der Waals surface area contributed by atoms with Gasteiger partial charge in [-0.15, -0.1) is 0 Å². The van der Waals surface area contributed by atoms with Crippen LogP contribution in [0.2, 0.25) is 0 Å². The molecule has 2 rings (SSSR count). The van der Waals surface area contributed by atoms with Crippen molar-refractivity contribution in [3.8, 4) is 11.3 Å². The molecule has 0 spiro atoms. The molecule has 0 aliphatic rings. The lowest BCUT2D eigenvalue weighted by atomic mass is 10.1. The summed E-state index contributed by atoms with van der Waals surface area (Å²) < 4.78 is 7.67. The van der Waals surface area contributed by atoms with Gasteiger partial charge < -0.3 is 4.42 Å². The average Bonchev–Trinajstić information content (AvgIpc) is 2.67. The van der Waals surface area contributed by atoms with Crippen LogP contribution in [0.15, 0.2) is 41.3 Å². The molecule has 1 aromatic heterocycles. The fourth-order valence-corrected chi connectivity index (χ4v) is 1.51. The Kier molecular flexibility index (Phi) is 2.58. The topological polar surface area (TPSA) is 17.0 Å². The van der Waals surface area contributed by atoms with Gasteiger partial charge in [-0.2, -0.15) is 4.57 Å². The second-order valence-corrected chi connectivity index (χ2v) is 5.16. The van der Waals surface area contributed by atoms with E-state index in [0.717, 1.165) is 11.3 Å². The van der Waals surface area contributed by atoms with E-state index < -0.39 is 0 Å². The van der Waals surface area contributed by atoms with E-state index in [0.29, 0.717) is 0 Å². The molecule has 0 saturated carbocycles. The van der Waals surface area contributed by atoms with Crippen LogP contribution in [-0.4, -0.2) is 0 Å². The Morgan fingerprint density at radius 2 is 1.69 bits per heavy atom. The minimum Gasteiger partial charge on any atom is -0.404 e. The van der Waals surface area contributed by atoms with E-state index in [1.807, 2.05) is 6.20 Å². The van der Waals surface area contributed by atoms with Crippen LogP contribution < -0.4 is 4.57 Å². The first-order chi connectivity index (χ1) is 7.47. The predicted octanol–water partition coefficient (Wildman–Crippen LogP) is 3.30. The molecule has 0 N–H and O–H groups in total. The van der Waals surface area contributed by atoms with Gasteiger partial charge in [0.15, 0.2) is 5.54 Å². The van der Waals surface area contributed by atoms with Crippen molar-refractivity contribution in [3.05, 3.63) is 42.4 Å². The summed E-state index contributed by atoms with van der Waals surface area (Å²) in [6.45, 7) is 8.55. The van der Waals surface area contributed by atoms with Crippen LogP contribution in [0.1, 0.15) is 26.3 Å². The van der Waals surface area contributed by atoms with Gasteiger partial charge in [-0.1, -0.05) is 29.8 Å². The number of aromatic nitrogens is 1. The summed E-state index contributed by atoms with van der Waals surface area (Å²) >= 11 is 0. The number of aryl methyl sites for hydroxylation is 1. The Bertz CT molecular complexity index is 474. The molecule has 0 bridgehead atoms. The van der Waals surface area contributed by atoms with Crippen LogP contribution in [0.25, 0.3) is 11.3 Å². The van der Waals surface area contributed by atoms with Gasteiger partial charge in [0, 0.05) is 26.3 Å². The zero-order valence-electron chi connectivity index (χ0n) is 10.3. The number of hydrogen-bond acceptors (Lipinski definition) is 1. The molecule has 2 aromatic rings. The van der Waals surface area contributed by atoms with Crippen molar-refractivity contribution in [1.29, 1.82) is 0 Å². The summed E-state index contributed by atoms with van der Waals surface area (Å²) in [5.74, 6) is 0.912. The molecule has 84 valence electrons. The molecule has 1 aromatic carbocycles. The fourth-order valence-electron chi connectivity index (χ4n) is 1.51. The van der Waals surface area contributed by atoms with Gasteiger partial charge in [0.25, 0.3) is 0 Å². The lowest BCUT2D eigenvalue weighted by Crippen LogP contribution is -2.48. The molecule has 0 aliphatic heterocycles. The predicted molar refractivity (Wildman–Crippen MR) is 64.1 cm³/mol. The van der Waals surface area contributed by atoms with E-state index in [9.17, 15) is 0 Å². The molecular weight excluding hydrogens is 198 g/mol. The van der Waals surface area contributed by atoms with Crippen molar-refractivity contribution in [2.75, 3.05) is 0 Å². The summed E-state index contributed by atoms with van der Waals surface area (Å²) in [6, 6.07) is 8.36. The first-order valence-corrected chi connectivity index (χ1v) is 5.54. The van der Waals surface area contributed by atoms with Crippen LogP contribution in [0.3, 0.4) is 0 Å². The smallest absolute Gasteiger partial charge is 0.335 e. The van der Waals surface area contributed by atoms with Crippen molar-refractivity contribution in [2.24, 2.45) is 0 Å². The van der Waals surface area contributed by atoms with Gasteiger partial charge in [0.05, 0.1) is 0 Å². The van der Waals surface area contributed by atoms with Crippen molar-refractivity contribution in [2.45, 2.75) is 33.2 Å². The molecule has 2 nitrogen and oxygen atoms in total. The fraction of sp³-hybridized carbons (Fsp3) is 0.357. The summed E-state index contributed by atoms with van der Waals surface area (Å²) in [5.41, 5.74) is 2.44. The Labute approximate surface area is 96.5 Å². The number of benzene rings is 1. The lowest BCUT2D eigenvalue weighted by molar-refractivity contribution is -0.756. The summed E-state index contributed by atoms with van der Waals surface area (Å²) in [7, 11) is 0. The van der Waals surface area contributed by atoms with Crippen LogP contribution in [0, 0.1) is 6.92 Å². The Hall–Kier alpha value is -1.57. The zero-order chi connectivity index (χ0) is 11.8. The van der Waals surface area contributed by atoms with E-state index in [2.05, 4.69) is 56.5 Å². The molecule has 2 heteroatoms. The second-order valence-electron chi connectivity index (χ2n) is 5.16. The van der Waals surface area contributed by atoms with Gasteiger partial charge in [-0.3, -0.25) is 0 Å². The van der Waals surface area contributed by atoms with Gasteiger partial charge in [-0.25, -0.2) is 0 Å². The maximum absolute atomic E-state index is 5.58. The molecule has 16 heavy (non-hydrogen) atoms. The van der Waals surface area contributed by atoms with E-state index >= 15 is 0 Å². The molecule has 0 unspecified atom stereocenters. The highest BCUT2D eigenvalue weighted by atomic mass is 16.3. The van der Waals surface area contributed by atoms with E-state index in [4.69, 9.17) is 4.42 Å². The highest BCUT2D eigenvalue weighted by Crippen LogP contribution is 2.19. The Morgan fingerprint density at radius 3 is 2.19 bits per heavy atom. The monoisotopic (exact) mass is 216 g/mol. The summed E-state index contributed by atoms with van der Waals surface area (Å²) in [5, 5.41) is 0. The molecule has 0 aliphatic carbocycles. The highest BCUT2D eigenvalue weighted by molar-refractivity contribution is 5.55. The van der Waals surface area contributed by atoms with Gasteiger partial charge in [0.1, 0.15) is 0 Å². The minimum atomic E-state index is 0.0620. The van der Waals surface area contributed by atoms with Crippen LogP contribution in [0.4, 0.5) is 0 Å². The van der Waals surface area contributed by atoms with Gasteiger partial charge in [0.2, 0.25) is 12.0 Å². The highest BCUT2D eigenvalue weighted by Gasteiger charge is 2.24. The Balaban J connectivity index is 2.35. The standard InChI is InChI=1S/C14H18NO/c1-11-5-7-12(8-6-11)13-9-15(10-16-13)14(2,3)4/h5-10H,1-4H3/q+1. The van der Waals surface area contributed by atoms with Crippen molar-refractivity contribution < 1.29 is 8.98 Å². The first kappa shape index (κ1) is 10.9. The largest absolute Gasteiger partial charge is 0.404 e. The second kappa shape index (κ2) is 3.78. The van der Waals surface area contributed by atoms with E-state index in [1.165, 1.54) is 5.56 Å². The summed E-state index contributed by atoms with van der Waals surface area (Å²) in [4.78, 5) is 0. The number of hydrogen-bond donors (Lipinski definition) is 0. The Morgan fingerprint density at radius 1 is 1.06 bits per heavy atom. The number of nitrogens with zero attached hydrogens (tertiary/aromatic N) is 1. The molecule has 0 atom stereocenters. The normalized spacial score (nSPS) is 11.8. The quantitative estimate of drug-likeness (QED) is 0.668. The van der Waals surface area contributed by atoms with Gasteiger partial charge in [-0.05, 0) is 6.92 Å². The number of rotatable bonds is 1. The number of oxazole rings is 1. The third kappa shape index (κ3) is 2.16. The van der Waals surface area contributed by atoms with Crippen LogP contribution in [-0.2, 0) is 5.54 Å². The molecule has 0 saturated heterocycles. The SMILES string of the molecule is Cc1ccc(-c2c[n+](C(C)(C)C)co2)cc1. The minimum absolute atomic E-state index is 0.0620. The third-order valence-corrected chi connectivity index (χ3v) is 2.66. The lowest BCUT2D eigenvalue weighted by Gasteiger charge is -2.07. The zero-order valence-corrected chi connectivity index (χ0v) is 10.3. The molecule has 1 heterocycles. The van der Waals surface area contributed by atoms with Crippen molar-refractivity contribution in [1.82, 2.24) is 0 Å². The van der Waals surface area contributed by atoms with Gasteiger partial charge >= 0.3 is 6.39 Å². The van der Waals surface area contributed by atoms with Crippen molar-refractivity contribution >= 4 is 0 Å². The van der Waals surface area contributed by atoms with E-state index in [-0.39, 0.29) is 5.54 Å². The third-order valence-electron chi connectivity index (χ3n) is 2.66. The average molecular weight is 216 g/mol. The molecule has 0 fully saturated rings. The van der Waals surface area contributed by atoms with E-state index in [1.54, 1.807) is 6.39 Å². The molecule has 0 radical (unpaired) electrons. The first-order valence-electron chi connectivity index (χ1n) is 5.54. The molecular formula is C14H18NO+. The van der Waals surface area contributed by atoms with Crippen LogP contribution >= 0.6 is 0 Å². The molecule has 0 amide bonds. The summed E-state index contributed by atoms with van der Waals surface area (Å²) in [6.07, 6.45) is 3.82. The van der Waals surface area contributed by atoms with Crippen molar-refractivity contribution in [3.63, 3.8) is 0 Å².